The number of anilines is 1. The highest BCUT2D eigenvalue weighted by Gasteiger charge is 2.22. The molecule has 0 bridgehead atoms. The van der Waals surface area contributed by atoms with Crippen LogP contribution in [0.4, 0.5) is 5.69 Å². The van der Waals surface area contributed by atoms with E-state index >= 15 is 0 Å². The first-order valence-corrected chi connectivity index (χ1v) is 8.93. The SMILES string of the molecule is CN=C(NCc1ccc(Cn2ccnc2)cc1)N1CCc2ccccc21. The predicted octanol–water partition coefficient (Wildman–Crippen LogP) is 3.07. The number of guanidine groups is 1. The van der Waals surface area contributed by atoms with Gasteiger partial charge in [-0.1, -0.05) is 42.5 Å². The molecule has 4 rings (SSSR count). The lowest BCUT2D eigenvalue weighted by Gasteiger charge is -2.22. The van der Waals surface area contributed by atoms with E-state index in [1.807, 2.05) is 19.6 Å². The first kappa shape index (κ1) is 16.4. The summed E-state index contributed by atoms with van der Waals surface area (Å²) in [5, 5.41) is 3.49. The van der Waals surface area contributed by atoms with Gasteiger partial charge in [-0.15, -0.1) is 0 Å². The molecule has 0 fully saturated rings. The van der Waals surface area contributed by atoms with Gasteiger partial charge >= 0.3 is 0 Å². The van der Waals surface area contributed by atoms with Crippen LogP contribution < -0.4 is 10.2 Å². The second kappa shape index (κ2) is 7.44. The van der Waals surface area contributed by atoms with Crippen LogP contribution in [0.3, 0.4) is 0 Å². The van der Waals surface area contributed by atoms with E-state index in [-0.39, 0.29) is 0 Å². The van der Waals surface area contributed by atoms with Gasteiger partial charge in [-0.05, 0) is 29.2 Å². The van der Waals surface area contributed by atoms with Crippen molar-refractivity contribution in [2.75, 3.05) is 18.5 Å². The lowest BCUT2D eigenvalue weighted by molar-refractivity contribution is 0.795. The summed E-state index contributed by atoms with van der Waals surface area (Å²) in [7, 11) is 1.84. The highest BCUT2D eigenvalue weighted by molar-refractivity contribution is 5.97. The molecule has 0 aliphatic carbocycles. The molecule has 2 aromatic carbocycles. The number of aliphatic imine (C=N–C) groups is 1. The molecule has 26 heavy (non-hydrogen) atoms. The number of nitrogens with zero attached hydrogens (tertiary/aromatic N) is 4. The van der Waals surface area contributed by atoms with E-state index in [0.29, 0.717) is 0 Å². The molecule has 0 radical (unpaired) electrons. The molecule has 5 nitrogen and oxygen atoms in total. The van der Waals surface area contributed by atoms with Crippen LogP contribution in [0.15, 0.2) is 72.2 Å². The Bertz CT molecular complexity index is 881. The number of aromatic nitrogens is 2. The van der Waals surface area contributed by atoms with Crippen LogP contribution in [0.5, 0.6) is 0 Å². The summed E-state index contributed by atoms with van der Waals surface area (Å²) in [4.78, 5) is 10.8. The van der Waals surface area contributed by atoms with E-state index in [4.69, 9.17) is 0 Å². The van der Waals surface area contributed by atoms with Crippen molar-refractivity contribution in [2.24, 2.45) is 4.99 Å². The van der Waals surface area contributed by atoms with E-state index in [0.717, 1.165) is 32.0 Å². The second-order valence-corrected chi connectivity index (χ2v) is 6.48. The molecule has 1 aromatic heterocycles. The Hall–Kier alpha value is -3.08. The lowest BCUT2D eigenvalue weighted by atomic mass is 10.1. The van der Waals surface area contributed by atoms with Crippen LogP contribution in [0.2, 0.25) is 0 Å². The molecule has 1 aliphatic heterocycles. The van der Waals surface area contributed by atoms with Crippen molar-refractivity contribution in [3.63, 3.8) is 0 Å². The fourth-order valence-corrected chi connectivity index (χ4v) is 3.39. The number of nitrogens with one attached hydrogen (secondary N) is 1. The van der Waals surface area contributed by atoms with Crippen LogP contribution in [0.25, 0.3) is 0 Å². The van der Waals surface area contributed by atoms with Crippen LogP contribution in [-0.2, 0) is 19.5 Å². The predicted molar refractivity (Wildman–Crippen MR) is 105 cm³/mol. The summed E-state index contributed by atoms with van der Waals surface area (Å²) < 4.78 is 2.07. The Kier molecular flexibility index (Phi) is 4.69. The average Bonchev–Trinajstić information content (AvgIpc) is 3.34. The Labute approximate surface area is 154 Å². The summed E-state index contributed by atoms with van der Waals surface area (Å²) in [6.07, 6.45) is 6.70. The summed E-state index contributed by atoms with van der Waals surface area (Å²) in [6.45, 7) is 2.58. The molecule has 132 valence electrons. The maximum Gasteiger partial charge on any atom is 0.198 e. The van der Waals surface area contributed by atoms with Crippen molar-refractivity contribution >= 4 is 11.6 Å². The van der Waals surface area contributed by atoms with Gasteiger partial charge < -0.3 is 14.8 Å². The molecule has 0 saturated carbocycles. The van der Waals surface area contributed by atoms with Gasteiger partial charge in [0.25, 0.3) is 0 Å². The first-order chi connectivity index (χ1) is 12.8. The van der Waals surface area contributed by atoms with E-state index in [1.165, 1.54) is 22.4 Å². The number of fused-ring (bicyclic) bond motifs is 1. The topological polar surface area (TPSA) is 45.5 Å². The minimum Gasteiger partial charge on any atom is -0.352 e. The smallest absolute Gasteiger partial charge is 0.198 e. The van der Waals surface area contributed by atoms with Gasteiger partial charge in [0.1, 0.15) is 0 Å². The monoisotopic (exact) mass is 345 g/mol. The van der Waals surface area contributed by atoms with Crippen molar-refractivity contribution in [3.8, 4) is 0 Å². The van der Waals surface area contributed by atoms with E-state index in [1.54, 1.807) is 6.20 Å². The molecule has 1 aliphatic rings. The molecule has 0 amide bonds. The summed E-state index contributed by atoms with van der Waals surface area (Å²) >= 11 is 0. The Morgan fingerprint density at radius 1 is 1.12 bits per heavy atom. The van der Waals surface area contributed by atoms with Gasteiger partial charge in [0.05, 0.1) is 6.33 Å². The molecule has 0 unspecified atom stereocenters. The standard InChI is InChI=1S/C21H23N5/c1-22-21(26-12-10-19-4-2-3-5-20(19)26)24-14-17-6-8-18(9-7-17)15-25-13-11-23-16-25/h2-9,11,13,16H,10,12,14-15H2,1H3,(H,22,24). The minimum atomic E-state index is 0.761. The third-order valence-corrected chi connectivity index (χ3v) is 4.75. The number of hydrogen-bond donors (Lipinski definition) is 1. The van der Waals surface area contributed by atoms with Crippen LogP contribution in [0.1, 0.15) is 16.7 Å². The zero-order chi connectivity index (χ0) is 17.8. The van der Waals surface area contributed by atoms with Crippen molar-refractivity contribution in [2.45, 2.75) is 19.5 Å². The summed E-state index contributed by atoms with van der Waals surface area (Å²) in [6, 6.07) is 17.2. The Balaban J connectivity index is 1.39. The molecule has 3 aromatic rings. The van der Waals surface area contributed by atoms with Crippen LogP contribution in [0, 0.1) is 0 Å². The van der Waals surface area contributed by atoms with Gasteiger partial charge in [-0.25, -0.2) is 4.98 Å². The zero-order valence-corrected chi connectivity index (χ0v) is 15.0. The molecular weight excluding hydrogens is 322 g/mol. The fraction of sp³-hybridized carbons (Fsp3) is 0.238. The number of imidazole rings is 1. The maximum absolute atomic E-state index is 4.47. The third kappa shape index (κ3) is 3.47. The average molecular weight is 345 g/mol. The van der Waals surface area contributed by atoms with Crippen LogP contribution in [-0.4, -0.2) is 29.1 Å². The fourth-order valence-electron chi connectivity index (χ4n) is 3.39. The second-order valence-electron chi connectivity index (χ2n) is 6.48. The normalized spacial score (nSPS) is 13.7. The molecule has 0 saturated heterocycles. The molecular formula is C21H23N5. The van der Waals surface area contributed by atoms with Crippen molar-refractivity contribution in [3.05, 3.63) is 83.9 Å². The molecule has 0 spiro atoms. The third-order valence-electron chi connectivity index (χ3n) is 4.75. The number of hydrogen-bond acceptors (Lipinski definition) is 2. The number of para-hydroxylation sites is 1. The van der Waals surface area contributed by atoms with Gasteiger partial charge in [0.2, 0.25) is 0 Å². The maximum atomic E-state index is 4.47. The van der Waals surface area contributed by atoms with Crippen LogP contribution >= 0.6 is 0 Å². The van der Waals surface area contributed by atoms with Crippen molar-refractivity contribution < 1.29 is 0 Å². The van der Waals surface area contributed by atoms with E-state index in [9.17, 15) is 0 Å². The number of benzene rings is 2. The minimum absolute atomic E-state index is 0.761. The largest absolute Gasteiger partial charge is 0.352 e. The molecule has 2 heterocycles. The highest BCUT2D eigenvalue weighted by Crippen LogP contribution is 2.27. The van der Waals surface area contributed by atoms with E-state index < -0.39 is 0 Å². The van der Waals surface area contributed by atoms with E-state index in [2.05, 4.69) is 73.3 Å². The quantitative estimate of drug-likeness (QED) is 0.584. The first-order valence-electron chi connectivity index (χ1n) is 8.93. The van der Waals surface area contributed by atoms with Gasteiger partial charge in [0, 0.05) is 44.8 Å². The van der Waals surface area contributed by atoms with Gasteiger partial charge in [-0.2, -0.15) is 0 Å². The lowest BCUT2D eigenvalue weighted by Crippen LogP contribution is -2.40. The Morgan fingerprint density at radius 2 is 1.92 bits per heavy atom. The summed E-state index contributed by atoms with van der Waals surface area (Å²) in [5.41, 5.74) is 5.16. The van der Waals surface area contributed by atoms with Crippen molar-refractivity contribution in [1.29, 1.82) is 0 Å². The number of rotatable bonds is 4. The molecule has 0 atom stereocenters. The van der Waals surface area contributed by atoms with Crippen molar-refractivity contribution in [1.82, 2.24) is 14.9 Å². The summed E-state index contributed by atoms with van der Waals surface area (Å²) in [5.74, 6) is 0.928. The zero-order valence-electron chi connectivity index (χ0n) is 15.0. The molecule has 5 heteroatoms. The highest BCUT2D eigenvalue weighted by atomic mass is 15.3. The Morgan fingerprint density at radius 3 is 2.69 bits per heavy atom. The van der Waals surface area contributed by atoms with Gasteiger partial charge in [0.15, 0.2) is 5.96 Å². The van der Waals surface area contributed by atoms with Gasteiger partial charge in [-0.3, -0.25) is 4.99 Å². The molecule has 1 N–H and O–H groups in total.